The lowest BCUT2D eigenvalue weighted by atomic mass is 10.2. The van der Waals surface area contributed by atoms with Gasteiger partial charge in [-0.15, -0.1) is 0 Å². The molecule has 2 nitrogen and oxygen atoms in total. The van der Waals surface area contributed by atoms with E-state index in [1.54, 1.807) is 7.11 Å². The van der Waals surface area contributed by atoms with Crippen LogP contribution in [0.15, 0.2) is 18.2 Å². The SMILES string of the molecule is CCN(CC)c1ccc(C)c(OC)c1. The largest absolute Gasteiger partial charge is 0.496 e. The zero-order valence-corrected chi connectivity index (χ0v) is 9.50. The molecule has 0 spiro atoms. The molecular formula is C12H19NO. The number of anilines is 1. The Hall–Kier alpha value is -1.18. The normalized spacial score (nSPS) is 10.0. The minimum atomic E-state index is 0.967. The van der Waals surface area contributed by atoms with Crippen molar-refractivity contribution in [3.8, 4) is 5.75 Å². The fraction of sp³-hybridized carbons (Fsp3) is 0.500. The molecule has 0 aliphatic heterocycles. The summed E-state index contributed by atoms with van der Waals surface area (Å²) in [6.45, 7) is 8.45. The van der Waals surface area contributed by atoms with Crippen LogP contribution in [-0.4, -0.2) is 20.2 Å². The molecule has 14 heavy (non-hydrogen) atoms. The molecule has 2 heteroatoms. The molecule has 0 fully saturated rings. The average Bonchev–Trinajstić information content (AvgIpc) is 2.22. The Morgan fingerprint density at radius 1 is 1.21 bits per heavy atom. The third-order valence-corrected chi connectivity index (χ3v) is 2.52. The van der Waals surface area contributed by atoms with Crippen LogP contribution in [0.5, 0.6) is 5.75 Å². The van der Waals surface area contributed by atoms with E-state index in [2.05, 4.69) is 43.9 Å². The van der Waals surface area contributed by atoms with E-state index < -0.39 is 0 Å². The van der Waals surface area contributed by atoms with Gasteiger partial charge in [-0.1, -0.05) is 6.07 Å². The van der Waals surface area contributed by atoms with Crippen molar-refractivity contribution < 1.29 is 4.74 Å². The van der Waals surface area contributed by atoms with E-state index in [1.165, 1.54) is 11.3 Å². The second-order valence-corrected chi connectivity index (χ2v) is 3.33. The van der Waals surface area contributed by atoms with Crippen molar-refractivity contribution in [1.82, 2.24) is 0 Å². The van der Waals surface area contributed by atoms with Gasteiger partial charge in [0.25, 0.3) is 0 Å². The van der Waals surface area contributed by atoms with Gasteiger partial charge in [-0.25, -0.2) is 0 Å². The molecule has 0 amide bonds. The zero-order valence-electron chi connectivity index (χ0n) is 9.50. The lowest BCUT2D eigenvalue weighted by molar-refractivity contribution is 0.411. The molecule has 1 aromatic carbocycles. The van der Waals surface area contributed by atoms with Crippen LogP contribution in [0.3, 0.4) is 0 Å². The monoisotopic (exact) mass is 193 g/mol. The maximum absolute atomic E-state index is 5.30. The van der Waals surface area contributed by atoms with Gasteiger partial charge in [-0.2, -0.15) is 0 Å². The lowest BCUT2D eigenvalue weighted by Crippen LogP contribution is -2.21. The third kappa shape index (κ3) is 2.19. The Morgan fingerprint density at radius 3 is 2.36 bits per heavy atom. The van der Waals surface area contributed by atoms with Crippen LogP contribution in [0.25, 0.3) is 0 Å². The highest BCUT2D eigenvalue weighted by Gasteiger charge is 2.04. The molecular weight excluding hydrogens is 174 g/mol. The highest BCUT2D eigenvalue weighted by molar-refractivity contribution is 5.53. The van der Waals surface area contributed by atoms with Gasteiger partial charge in [-0.3, -0.25) is 0 Å². The number of aryl methyl sites for hydroxylation is 1. The summed E-state index contributed by atoms with van der Waals surface area (Å²) >= 11 is 0. The number of hydrogen-bond donors (Lipinski definition) is 0. The van der Waals surface area contributed by atoms with Crippen LogP contribution in [0.1, 0.15) is 19.4 Å². The number of hydrogen-bond acceptors (Lipinski definition) is 2. The first kappa shape index (κ1) is 10.9. The van der Waals surface area contributed by atoms with Crippen molar-refractivity contribution in [2.45, 2.75) is 20.8 Å². The second kappa shape index (κ2) is 4.89. The van der Waals surface area contributed by atoms with Crippen molar-refractivity contribution in [2.24, 2.45) is 0 Å². The predicted octanol–water partition coefficient (Wildman–Crippen LogP) is 2.85. The highest BCUT2D eigenvalue weighted by Crippen LogP contribution is 2.24. The smallest absolute Gasteiger partial charge is 0.123 e. The first-order valence-electron chi connectivity index (χ1n) is 5.12. The third-order valence-electron chi connectivity index (χ3n) is 2.52. The van der Waals surface area contributed by atoms with Gasteiger partial charge in [0.2, 0.25) is 0 Å². The van der Waals surface area contributed by atoms with Gasteiger partial charge < -0.3 is 9.64 Å². The Labute approximate surface area is 86.5 Å². The number of rotatable bonds is 4. The summed E-state index contributed by atoms with van der Waals surface area (Å²) in [6.07, 6.45) is 0. The van der Waals surface area contributed by atoms with E-state index in [4.69, 9.17) is 4.74 Å². The summed E-state index contributed by atoms with van der Waals surface area (Å²) < 4.78 is 5.30. The second-order valence-electron chi connectivity index (χ2n) is 3.33. The summed E-state index contributed by atoms with van der Waals surface area (Å²) in [5.74, 6) is 0.967. The number of ether oxygens (including phenoxy) is 1. The lowest BCUT2D eigenvalue weighted by Gasteiger charge is -2.21. The van der Waals surface area contributed by atoms with Gasteiger partial charge >= 0.3 is 0 Å². The van der Waals surface area contributed by atoms with Gasteiger partial charge in [-0.05, 0) is 32.4 Å². The summed E-state index contributed by atoms with van der Waals surface area (Å²) in [7, 11) is 1.72. The van der Waals surface area contributed by atoms with Crippen molar-refractivity contribution in [3.05, 3.63) is 23.8 Å². The molecule has 0 bridgehead atoms. The van der Waals surface area contributed by atoms with E-state index >= 15 is 0 Å². The molecule has 0 radical (unpaired) electrons. The Bertz CT molecular complexity index is 292. The number of methoxy groups -OCH3 is 1. The quantitative estimate of drug-likeness (QED) is 0.729. The van der Waals surface area contributed by atoms with E-state index in [-0.39, 0.29) is 0 Å². The van der Waals surface area contributed by atoms with Crippen molar-refractivity contribution in [1.29, 1.82) is 0 Å². The average molecular weight is 193 g/mol. The Kier molecular flexibility index (Phi) is 3.81. The Balaban J connectivity index is 2.98. The molecule has 0 heterocycles. The molecule has 0 saturated carbocycles. The molecule has 0 unspecified atom stereocenters. The maximum Gasteiger partial charge on any atom is 0.123 e. The van der Waals surface area contributed by atoms with Crippen LogP contribution in [-0.2, 0) is 0 Å². The van der Waals surface area contributed by atoms with E-state index in [9.17, 15) is 0 Å². The topological polar surface area (TPSA) is 12.5 Å². The first-order chi connectivity index (χ1) is 6.72. The standard InChI is InChI=1S/C12H19NO/c1-5-13(6-2)11-8-7-10(3)12(9-11)14-4/h7-9H,5-6H2,1-4H3. The molecule has 0 aliphatic rings. The van der Waals surface area contributed by atoms with Crippen molar-refractivity contribution in [2.75, 3.05) is 25.1 Å². The fourth-order valence-electron chi connectivity index (χ4n) is 1.59. The summed E-state index contributed by atoms with van der Waals surface area (Å²) in [5, 5.41) is 0. The minimum Gasteiger partial charge on any atom is -0.496 e. The van der Waals surface area contributed by atoms with Gasteiger partial charge in [0, 0.05) is 24.8 Å². The summed E-state index contributed by atoms with van der Waals surface area (Å²) in [4.78, 5) is 2.31. The molecule has 1 rings (SSSR count). The van der Waals surface area contributed by atoms with Crippen LogP contribution in [0.4, 0.5) is 5.69 Å². The Morgan fingerprint density at radius 2 is 1.86 bits per heavy atom. The minimum absolute atomic E-state index is 0.967. The number of benzene rings is 1. The predicted molar refractivity (Wildman–Crippen MR) is 61.3 cm³/mol. The van der Waals surface area contributed by atoms with Gasteiger partial charge in [0.05, 0.1) is 7.11 Å². The van der Waals surface area contributed by atoms with Crippen molar-refractivity contribution in [3.63, 3.8) is 0 Å². The van der Waals surface area contributed by atoms with Crippen LogP contribution in [0.2, 0.25) is 0 Å². The molecule has 0 N–H and O–H groups in total. The highest BCUT2D eigenvalue weighted by atomic mass is 16.5. The van der Waals surface area contributed by atoms with Gasteiger partial charge in [0.1, 0.15) is 5.75 Å². The van der Waals surface area contributed by atoms with E-state index in [1.807, 2.05) is 0 Å². The summed E-state index contributed by atoms with van der Waals surface area (Å²) in [5.41, 5.74) is 2.42. The molecule has 0 aromatic heterocycles. The molecule has 0 saturated heterocycles. The molecule has 78 valence electrons. The summed E-state index contributed by atoms with van der Waals surface area (Å²) in [6, 6.07) is 6.35. The van der Waals surface area contributed by atoms with Crippen LogP contribution < -0.4 is 9.64 Å². The molecule has 1 aromatic rings. The molecule has 0 atom stereocenters. The molecule has 0 aliphatic carbocycles. The van der Waals surface area contributed by atoms with Crippen LogP contribution in [0, 0.1) is 6.92 Å². The fourth-order valence-corrected chi connectivity index (χ4v) is 1.59. The maximum atomic E-state index is 5.30. The first-order valence-corrected chi connectivity index (χ1v) is 5.12. The van der Waals surface area contributed by atoms with Crippen molar-refractivity contribution >= 4 is 5.69 Å². The van der Waals surface area contributed by atoms with E-state index in [0.29, 0.717) is 0 Å². The van der Waals surface area contributed by atoms with Crippen LogP contribution >= 0.6 is 0 Å². The number of nitrogens with zero attached hydrogens (tertiary/aromatic N) is 1. The van der Waals surface area contributed by atoms with E-state index in [0.717, 1.165) is 18.8 Å². The van der Waals surface area contributed by atoms with Gasteiger partial charge in [0.15, 0.2) is 0 Å². The zero-order chi connectivity index (χ0) is 10.6.